The minimum absolute atomic E-state index is 0.342. The van der Waals surface area contributed by atoms with Gasteiger partial charge in [-0.05, 0) is 65.3 Å². The Morgan fingerprint density at radius 1 is 1.11 bits per heavy atom. The summed E-state index contributed by atoms with van der Waals surface area (Å²) in [4.78, 5) is 24.9. The summed E-state index contributed by atoms with van der Waals surface area (Å²) < 4.78 is 2.92. The molecular weight excluding hydrogens is 424 g/mol. The van der Waals surface area contributed by atoms with Gasteiger partial charge < -0.3 is 5.32 Å². The van der Waals surface area contributed by atoms with E-state index in [0.29, 0.717) is 17.2 Å². The first kappa shape index (κ1) is 18.1. The number of imidazole rings is 1. The monoisotopic (exact) mass is 438 g/mol. The molecule has 3 N–H and O–H groups in total. The SMILES string of the molecule is Cc1nc2ccc(Br)cn2c1-c1ccnc(Nc2ccc(C(=O)NO)cc2)n1. The zero-order valence-corrected chi connectivity index (χ0v) is 16.3. The summed E-state index contributed by atoms with van der Waals surface area (Å²) in [6.45, 7) is 1.94. The minimum atomic E-state index is -0.570. The first-order chi connectivity index (χ1) is 13.5. The van der Waals surface area contributed by atoms with Crippen LogP contribution in [0, 0.1) is 6.92 Å². The van der Waals surface area contributed by atoms with Crippen LogP contribution in [0.15, 0.2) is 59.3 Å². The fourth-order valence-electron chi connectivity index (χ4n) is 2.89. The van der Waals surface area contributed by atoms with Crippen molar-refractivity contribution in [2.24, 2.45) is 0 Å². The highest BCUT2D eigenvalue weighted by molar-refractivity contribution is 9.10. The van der Waals surface area contributed by atoms with Gasteiger partial charge in [0.1, 0.15) is 5.65 Å². The maximum absolute atomic E-state index is 11.4. The number of carbonyl (C=O) groups excluding carboxylic acids is 1. The Kier molecular flexibility index (Phi) is 4.76. The first-order valence-corrected chi connectivity index (χ1v) is 9.13. The second-order valence-corrected chi connectivity index (χ2v) is 6.95. The van der Waals surface area contributed by atoms with Gasteiger partial charge in [-0.3, -0.25) is 14.4 Å². The Morgan fingerprint density at radius 3 is 2.64 bits per heavy atom. The number of pyridine rings is 1. The van der Waals surface area contributed by atoms with Gasteiger partial charge in [0.25, 0.3) is 5.91 Å². The molecule has 0 aliphatic rings. The average Bonchev–Trinajstić information content (AvgIpc) is 3.03. The van der Waals surface area contributed by atoms with Crippen LogP contribution in [0.1, 0.15) is 16.1 Å². The van der Waals surface area contributed by atoms with E-state index in [1.54, 1.807) is 35.9 Å². The summed E-state index contributed by atoms with van der Waals surface area (Å²) >= 11 is 3.49. The lowest BCUT2D eigenvalue weighted by Crippen LogP contribution is -2.18. The molecule has 140 valence electrons. The summed E-state index contributed by atoms with van der Waals surface area (Å²) in [5.41, 5.74) is 5.97. The number of hydrogen-bond donors (Lipinski definition) is 3. The zero-order chi connectivity index (χ0) is 19.7. The molecule has 0 spiro atoms. The van der Waals surface area contributed by atoms with Crippen molar-refractivity contribution in [1.29, 1.82) is 0 Å². The van der Waals surface area contributed by atoms with Crippen molar-refractivity contribution in [1.82, 2.24) is 24.8 Å². The van der Waals surface area contributed by atoms with E-state index in [2.05, 4.69) is 36.2 Å². The highest BCUT2D eigenvalue weighted by atomic mass is 79.9. The number of hydroxylamine groups is 1. The van der Waals surface area contributed by atoms with Gasteiger partial charge in [-0.1, -0.05) is 0 Å². The van der Waals surface area contributed by atoms with Crippen LogP contribution in [0.25, 0.3) is 17.0 Å². The van der Waals surface area contributed by atoms with E-state index in [9.17, 15) is 4.79 Å². The topological polar surface area (TPSA) is 104 Å². The molecule has 3 aromatic heterocycles. The van der Waals surface area contributed by atoms with Gasteiger partial charge >= 0.3 is 0 Å². The summed E-state index contributed by atoms with van der Waals surface area (Å²) in [5.74, 6) is -0.153. The Labute approximate surface area is 168 Å². The Bertz CT molecular complexity index is 1170. The lowest BCUT2D eigenvalue weighted by atomic mass is 10.2. The van der Waals surface area contributed by atoms with Crippen LogP contribution in [-0.2, 0) is 0 Å². The normalized spacial score (nSPS) is 10.8. The van der Waals surface area contributed by atoms with Crippen molar-refractivity contribution < 1.29 is 10.0 Å². The maximum Gasteiger partial charge on any atom is 0.274 e. The molecule has 28 heavy (non-hydrogen) atoms. The van der Waals surface area contributed by atoms with E-state index in [1.807, 2.05) is 35.7 Å². The van der Waals surface area contributed by atoms with Crippen LogP contribution in [0.5, 0.6) is 0 Å². The summed E-state index contributed by atoms with van der Waals surface area (Å²) in [6, 6.07) is 12.3. The second-order valence-electron chi connectivity index (χ2n) is 6.03. The quantitative estimate of drug-likeness (QED) is 0.331. The highest BCUT2D eigenvalue weighted by Gasteiger charge is 2.13. The van der Waals surface area contributed by atoms with E-state index >= 15 is 0 Å². The van der Waals surface area contributed by atoms with Crippen LogP contribution in [0.3, 0.4) is 0 Å². The zero-order valence-electron chi connectivity index (χ0n) is 14.7. The maximum atomic E-state index is 11.4. The van der Waals surface area contributed by atoms with Gasteiger partial charge in [-0.25, -0.2) is 20.4 Å². The van der Waals surface area contributed by atoms with Crippen molar-refractivity contribution in [3.05, 3.63) is 70.6 Å². The summed E-state index contributed by atoms with van der Waals surface area (Å²) in [6.07, 6.45) is 3.62. The number of anilines is 2. The van der Waals surface area contributed by atoms with Crippen molar-refractivity contribution in [2.75, 3.05) is 5.32 Å². The Morgan fingerprint density at radius 2 is 1.89 bits per heavy atom. The molecule has 0 aliphatic carbocycles. The highest BCUT2D eigenvalue weighted by Crippen LogP contribution is 2.26. The fourth-order valence-corrected chi connectivity index (χ4v) is 3.23. The first-order valence-electron chi connectivity index (χ1n) is 8.34. The van der Waals surface area contributed by atoms with E-state index in [0.717, 1.165) is 27.2 Å². The number of nitrogens with one attached hydrogen (secondary N) is 2. The molecule has 0 bridgehead atoms. The molecule has 0 unspecified atom stereocenters. The van der Waals surface area contributed by atoms with Gasteiger partial charge in [0, 0.05) is 28.1 Å². The van der Waals surface area contributed by atoms with Gasteiger partial charge in [0.2, 0.25) is 5.95 Å². The third-order valence-corrected chi connectivity index (χ3v) is 4.63. The number of benzene rings is 1. The number of aryl methyl sites for hydroxylation is 1. The van der Waals surface area contributed by atoms with Crippen LogP contribution >= 0.6 is 15.9 Å². The lowest BCUT2D eigenvalue weighted by Gasteiger charge is -2.08. The molecule has 9 heteroatoms. The van der Waals surface area contributed by atoms with E-state index in [4.69, 9.17) is 5.21 Å². The number of nitrogens with zero attached hydrogens (tertiary/aromatic N) is 4. The molecule has 0 fully saturated rings. The second kappa shape index (κ2) is 7.37. The number of aromatic nitrogens is 4. The smallest absolute Gasteiger partial charge is 0.274 e. The van der Waals surface area contributed by atoms with Crippen LogP contribution in [0.4, 0.5) is 11.6 Å². The number of halogens is 1. The van der Waals surface area contributed by atoms with Gasteiger partial charge in [-0.2, -0.15) is 0 Å². The molecular formula is C19H15BrN6O2. The van der Waals surface area contributed by atoms with Crippen LogP contribution in [0.2, 0.25) is 0 Å². The van der Waals surface area contributed by atoms with Crippen LogP contribution < -0.4 is 10.8 Å². The number of hydrogen-bond acceptors (Lipinski definition) is 6. The molecule has 0 aliphatic heterocycles. The minimum Gasteiger partial charge on any atom is -0.324 e. The van der Waals surface area contributed by atoms with Crippen molar-refractivity contribution in [2.45, 2.75) is 6.92 Å². The molecule has 0 atom stereocenters. The van der Waals surface area contributed by atoms with Crippen molar-refractivity contribution in [3.8, 4) is 11.4 Å². The molecule has 4 aromatic rings. The third kappa shape index (κ3) is 3.45. The standard InChI is InChI=1S/C19H15BrN6O2/c1-11-17(26-10-13(20)4-7-16(26)22-11)15-8-9-21-19(24-15)23-14-5-2-12(3-6-14)18(27)25-28/h2-10,28H,1H3,(H,25,27)(H,21,23,24). The van der Waals surface area contributed by atoms with Gasteiger partial charge in [-0.15, -0.1) is 0 Å². The molecule has 0 saturated heterocycles. The van der Waals surface area contributed by atoms with Crippen molar-refractivity contribution in [3.63, 3.8) is 0 Å². The van der Waals surface area contributed by atoms with Crippen molar-refractivity contribution >= 4 is 39.1 Å². The molecule has 8 nitrogen and oxygen atoms in total. The number of fused-ring (bicyclic) bond motifs is 1. The van der Waals surface area contributed by atoms with Gasteiger partial charge in [0.15, 0.2) is 0 Å². The Balaban J connectivity index is 1.66. The molecule has 1 amide bonds. The summed E-state index contributed by atoms with van der Waals surface area (Å²) in [5, 5.41) is 11.8. The fraction of sp³-hybridized carbons (Fsp3) is 0.0526. The molecule has 3 heterocycles. The molecule has 0 radical (unpaired) electrons. The van der Waals surface area contributed by atoms with E-state index in [-0.39, 0.29) is 0 Å². The Hall–Kier alpha value is -3.30. The van der Waals surface area contributed by atoms with Crippen LogP contribution in [-0.4, -0.2) is 30.5 Å². The lowest BCUT2D eigenvalue weighted by molar-refractivity contribution is 0.0706. The molecule has 4 rings (SSSR count). The molecule has 0 saturated carbocycles. The third-order valence-electron chi connectivity index (χ3n) is 4.16. The average molecular weight is 439 g/mol. The number of carbonyl (C=O) groups is 1. The van der Waals surface area contributed by atoms with E-state index < -0.39 is 5.91 Å². The largest absolute Gasteiger partial charge is 0.324 e. The summed E-state index contributed by atoms with van der Waals surface area (Å²) in [7, 11) is 0. The van der Waals surface area contributed by atoms with Gasteiger partial charge in [0.05, 0.1) is 17.1 Å². The molecule has 1 aromatic carbocycles. The number of amides is 1. The number of rotatable bonds is 4. The van der Waals surface area contributed by atoms with E-state index in [1.165, 1.54) is 0 Å². The predicted molar refractivity (Wildman–Crippen MR) is 108 cm³/mol. The predicted octanol–water partition coefficient (Wildman–Crippen LogP) is 3.72.